The van der Waals surface area contributed by atoms with E-state index in [1.165, 1.54) is 0 Å². The van der Waals surface area contributed by atoms with Gasteiger partial charge in [-0.05, 0) is 60.1 Å². The first-order valence-electron chi connectivity index (χ1n) is 11.9. The highest BCUT2D eigenvalue weighted by Gasteiger charge is 2.39. The summed E-state index contributed by atoms with van der Waals surface area (Å²) >= 11 is 1.62. The van der Waals surface area contributed by atoms with E-state index in [0.29, 0.717) is 17.0 Å². The molecular formula is C28H33N3O3SSi. The second-order valence-electron chi connectivity index (χ2n) is 10.2. The number of H-pyrrole nitrogens is 1. The monoisotopic (exact) mass is 519 g/mol. The van der Waals surface area contributed by atoms with E-state index in [9.17, 15) is 4.79 Å². The molecule has 2 N–H and O–H groups in total. The van der Waals surface area contributed by atoms with E-state index in [1.807, 2.05) is 66.7 Å². The topological polar surface area (TPSA) is 76.2 Å². The van der Waals surface area contributed by atoms with Gasteiger partial charge in [0.1, 0.15) is 11.5 Å². The number of thioether (sulfide) groups is 1. The number of carbonyl (C=O) groups is 1. The van der Waals surface area contributed by atoms with Crippen molar-refractivity contribution in [1.29, 1.82) is 0 Å². The summed E-state index contributed by atoms with van der Waals surface area (Å²) in [5.74, 6) is 2.09. The summed E-state index contributed by atoms with van der Waals surface area (Å²) in [4.78, 5) is 20.9. The van der Waals surface area contributed by atoms with E-state index in [2.05, 4.69) is 49.1 Å². The summed E-state index contributed by atoms with van der Waals surface area (Å²) in [6.07, 6.45) is 0. The number of imidazole rings is 1. The van der Waals surface area contributed by atoms with Gasteiger partial charge in [0, 0.05) is 17.4 Å². The van der Waals surface area contributed by atoms with Gasteiger partial charge in [-0.1, -0.05) is 56.8 Å². The third kappa shape index (κ3) is 5.94. The zero-order valence-corrected chi connectivity index (χ0v) is 23.5. The lowest BCUT2D eigenvalue weighted by molar-refractivity contribution is 0.102. The molecule has 0 spiro atoms. The SMILES string of the molecule is COc1ccc2nc(SCc3ccc(C(=O)Nc4ccccc4O[Si](C)(C)C(C)(C)C)cc3)[nH]c2c1. The van der Waals surface area contributed by atoms with Crippen LogP contribution >= 0.6 is 11.8 Å². The third-order valence-electron chi connectivity index (χ3n) is 6.57. The van der Waals surface area contributed by atoms with E-state index >= 15 is 0 Å². The summed E-state index contributed by atoms with van der Waals surface area (Å²) in [6, 6.07) is 21.1. The molecule has 4 aromatic rings. The fourth-order valence-electron chi connectivity index (χ4n) is 3.35. The summed E-state index contributed by atoms with van der Waals surface area (Å²) in [7, 11) is -0.384. The molecule has 0 radical (unpaired) electrons. The molecular weight excluding hydrogens is 486 g/mol. The third-order valence-corrected chi connectivity index (χ3v) is 11.9. The van der Waals surface area contributed by atoms with Gasteiger partial charge in [-0.15, -0.1) is 0 Å². The number of fused-ring (bicyclic) bond motifs is 1. The van der Waals surface area contributed by atoms with Crippen molar-refractivity contribution in [2.45, 2.75) is 49.8 Å². The van der Waals surface area contributed by atoms with Crippen LogP contribution in [0.3, 0.4) is 0 Å². The second kappa shape index (κ2) is 10.4. The Labute approximate surface area is 218 Å². The maximum atomic E-state index is 13.0. The second-order valence-corrected chi connectivity index (χ2v) is 15.9. The number of hydrogen-bond acceptors (Lipinski definition) is 5. The molecule has 1 heterocycles. The number of nitrogens with zero attached hydrogens (tertiary/aromatic N) is 1. The number of aromatic amines is 1. The van der Waals surface area contributed by atoms with Crippen LogP contribution in [-0.4, -0.2) is 31.3 Å². The number of methoxy groups -OCH3 is 1. The minimum Gasteiger partial charge on any atom is -0.542 e. The first-order valence-corrected chi connectivity index (χ1v) is 15.8. The minimum absolute atomic E-state index is 0.0627. The van der Waals surface area contributed by atoms with Crippen molar-refractivity contribution < 1.29 is 14.0 Å². The lowest BCUT2D eigenvalue weighted by Crippen LogP contribution is -2.44. The van der Waals surface area contributed by atoms with E-state index < -0.39 is 8.32 Å². The fourth-order valence-corrected chi connectivity index (χ4v) is 5.22. The number of benzene rings is 3. The maximum Gasteiger partial charge on any atom is 0.255 e. The number of rotatable bonds is 8. The first kappa shape index (κ1) is 25.8. The van der Waals surface area contributed by atoms with Crippen LogP contribution in [-0.2, 0) is 5.75 Å². The van der Waals surface area contributed by atoms with E-state index in [4.69, 9.17) is 9.16 Å². The predicted molar refractivity (Wildman–Crippen MR) is 151 cm³/mol. The van der Waals surface area contributed by atoms with Crippen molar-refractivity contribution in [3.63, 3.8) is 0 Å². The quantitative estimate of drug-likeness (QED) is 0.186. The van der Waals surface area contributed by atoms with Crippen LogP contribution in [0.5, 0.6) is 11.5 Å². The van der Waals surface area contributed by atoms with Gasteiger partial charge in [0.15, 0.2) is 5.16 Å². The molecule has 0 aliphatic heterocycles. The Bertz CT molecular complexity index is 1360. The highest BCUT2D eigenvalue weighted by atomic mass is 32.2. The molecule has 0 saturated carbocycles. The Hall–Kier alpha value is -3.23. The molecule has 6 nitrogen and oxygen atoms in total. The molecule has 0 saturated heterocycles. The van der Waals surface area contributed by atoms with Gasteiger partial charge < -0.3 is 19.5 Å². The Morgan fingerprint density at radius 2 is 1.78 bits per heavy atom. The Balaban J connectivity index is 1.40. The van der Waals surface area contributed by atoms with Crippen molar-refractivity contribution in [3.05, 3.63) is 77.9 Å². The molecule has 0 bridgehead atoms. The van der Waals surface area contributed by atoms with Gasteiger partial charge in [-0.3, -0.25) is 4.79 Å². The van der Waals surface area contributed by atoms with Gasteiger partial charge in [-0.2, -0.15) is 0 Å². The van der Waals surface area contributed by atoms with E-state index in [1.54, 1.807) is 18.9 Å². The smallest absolute Gasteiger partial charge is 0.255 e. The maximum absolute atomic E-state index is 13.0. The van der Waals surface area contributed by atoms with Gasteiger partial charge in [0.2, 0.25) is 0 Å². The van der Waals surface area contributed by atoms with Gasteiger partial charge in [-0.25, -0.2) is 4.98 Å². The highest BCUT2D eigenvalue weighted by Crippen LogP contribution is 2.39. The highest BCUT2D eigenvalue weighted by molar-refractivity contribution is 7.98. The largest absolute Gasteiger partial charge is 0.542 e. The standard InChI is InChI=1S/C28H33N3O3SSi/c1-28(2,3)36(5,6)34-25-10-8-7-9-23(25)29-26(32)20-13-11-19(12-14-20)18-35-27-30-22-16-15-21(33-4)17-24(22)31-27/h7-17H,18H2,1-6H3,(H,29,32)(H,30,31). The molecule has 0 fully saturated rings. The van der Waals surface area contributed by atoms with Crippen LogP contribution in [0.1, 0.15) is 36.7 Å². The van der Waals surface area contributed by atoms with Crippen LogP contribution in [0.4, 0.5) is 5.69 Å². The van der Waals surface area contributed by atoms with Crippen LogP contribution < -0.4 is 14.5 Å². The van der Waals surface area contributed by atoms with Crippen molar-refractivity contribution in [1.82, 2.24) is 9.97 Å². The Morgan fingerprint density at radius 1 is 1.06 bits per heavy atom. The van der Waals surface area contributed by atoms with Crippen molar-refractivity contribution in [2.75, 3.05) is 12.4 Å². The molecule has 3 aromatic carbocycles. The number of amides is 1. The summed E-state index contributed by atoms with van der Waals surface area (Å²) in [5.41, 5.74) is 4.25. The van der Waals surface area contributed by atoms with Crippen LogP contribution in [0.25, 0.3) is 11.0 Å². The predicted octanol–water partition coefficient (Wildman–Crippen LogP) is 7.50. The number of aromatic nitrogens is 2. The molecule has 0 aliphatic rings. The van der Waals surface area contributed by atoms with Crippen molar-refractivity contribution in [2.24, 2.45) is 0 Å². The normalized spacial score (nSPS) is 11.9. The minimum atomic E-state index is -2.04. The lowest BCUT2D eigenvalue weighted by atomic mass is 10.1. The lowest BCUT2D eigenvalue weighted by Gasteiger charge is -2.37. The Morgan fingerprint density at radius 3 is 2.47 bits per heavy atom. The van der Waals surface area contributed by atoms with Crippen LogP contribution in [0, 0.1) is 0 Å². The van der Waals surface area contributed by atoms with Crippen LogP contribution in [0.15, 0.2) is 71.9 Å². The first-order chi connectivity index (χ1) is 17.1. The van der Waals surface area contributed by atoms with Gasteiger partial charge >= 0.3 is 0 Å². The number of anilines is 1. The summed E-state index contributed by atoms with van der Waals surface area (Å²) in [5, 5.41) is 3.94. The van der Waals surface area contributed by atoms with Crippen LogP contribution in [0.2, 0.25) is 18.1 Å². The zero-order valence-electron chi connectivity index (χ0n) is 21.6. The van der Waals surface area contributed by atoms with Crippen molar-refractivity contribution >= 4 is 42.7 Å². The number of carbonyl (C=O) groups excluding carboxylic acids is 1. The van der Waals surface area contributed by atoms with Crippen molar-refractivity contribution in [3.8, 4) is 11.5 Å². The van der Waals surface area contributed by atoms with Gasteiger partial charge in [0.25, 0.3) is 14.2 Å². The molecule has 1 aromatic heterocycles. The Kier molecular flexibility index (Phi) is 7.47. The number of para-hydroxylation sites is 2. The number of nitrogens with one attached hydrogen (secondary N) is 2. The van der Waals surface area contributed by atoms with E-state index in [0.717, 1.165) is 33.3 Å². The average Bonchev–Trinajstić information content (AvgIpc) is 3.25. The van der Waals surface area contributed by atoms with Gasteiger partial charge in [0.05, 0.1) is 23.8 Å². The number of ether oxygens (including phenoxy) is 1. The zero-order chi connectivity index (χ0) is 25.9. The molecule has 188 valence electrons. The number of hydrogen-bond donors (Lipinski definition) is 2. The molecule has 0 unspecified atom stereocenters. The summed E-state index contributed by atoms with van der Waals surface area (Å²) < 4.78 is 11.7. The molecule has 0 atom stereocenters. The molecule has 4 rings (SSSR count). The van der Waals surface area contributed by atoms with E-state index in [-0.39, 0.29) is 10.9 Å². The molecule has 0 aliphatic carbocycles. The molecule has 8 heteroatoms. The fraction of sp³-hybridized carbons (Fsp3) is 0.286. The summed E-state index contributed by atoms with van der Waals surface area (Å²) in [6.45, 7) is 11.0. The molecule has 36 heavy (non-hydrogen) atoms. The average molecular weight is 520 g/mol. The molecule has 1 amide bonds.